The van der Waals surface area contributed by atoms with Gasteiger partial charge in [-0.3, -0.25) is 0 Å². The maximum Gasteiger partial charge on any atom is 0.337 e. The maximum absolute atomic E-state index is 11.7. The molecular formula is C16H11ClO2S. The van der Waals surface area contributed by atoms with Gasteiger partial charge < -0.3 is 4.74 Å². The zero-order valence-electron chi connectivity index (χ0n) is 10.7. The Morgan fingerprint density at radius 3 is 2.75 bits per heavy atom. The van der Waals surface area contributed by atoms with E-state index in [0.29, 0.717) is 5.56 Å². The Labute approximate surface area is 125 Å². The summed E-state index contributed by atoms with van der Waals surface area (Å²) in [6.45, 7) is 0. The number of hydrogen-bond donors (Lipinski definition) is 0. The second-order valence-corrected chi connectivity index (χ2v) is 5.65. The highest BCUT2D eigenvalue weighted by Crippen LogP contribution is 2.37. The summed E-state index contributed by atoms with van der Waals surface area (Å²) in [5.41, 5.74) is 1.58. The average molecular weight is 303 g/mol. The molecule has 0 radical (unpaired) electrons. The molecule has 2 aromatic carbocycles. The molecule has 2 nitrogen and oxygen atoms in total. The van der Waals surface area contributed by atoms with E-state index >= 15 is 0 Å². The second kappa shape index (κ2) is 5.27. The van der Waals surface area contributed by atoms with Gasteiger partial charge in [-0.05, 0) is 34.4 Å². The molecule has 1 heterocycles. The first-order chi connectivity index (χ1) is 9.70. The van der Waals surface area contributed by atoms with Crippen molar-refractivity contribution >= 4 is 39.7 Å². The summed E-state index contributed by atoms with van der Waals surface area (Å²) in [5.74, 6) is -0.334. The van der Waals surface area contributed by atoms with Crippen molar-refractivity contribution in [3.63, 3.8) is 0 Å². The molecule has 0 saturated heterocycles. The second-order valence-electron chi connectivity index (χ2n) is 4.33. The minimum atomic E-state index is -0.334. The van der Waals surface area contributed by atoms with Crippen LogP contribution in [0.5, 0.6) is 0 Å². The van der Waals surface area contributed by atoms with Crippen LogP contribution < -0.4 is 0 Å². The highest BCUT2D eigenvalue weighted by atomic mass is 35.5. The van der Waals surface area contributed by atoms with Crippen molar-refractivity contribution in [2.75, 3.05) is 7.11 Å². The fourth-order valence-corrected chi connectivity index (χ4v) is 3.40. The number of hydrogen-bond acceptors (Lipinski definition) is 3. The largest absolute Gasteiger partial charge is 0.465 e. The molecule has 0 amide bonds. The van der Waals surface area contributed by atoms with E-state index in [1.807, 2.05) is 41.8 Å². The van der Waals surface area contributed by atoms with Crippen LogP contribution in [0.2, 0.25) is 5.02 Å². The van der Waals surface area contributed by atoms with Crippen molar-refractivity contribution < 1.29 is 9.53 Å². The van der Waals surface area contributed by atoms with Crippen LogP contribution in [0.25, 0.3) is 21.2 Å². The number of rotatable bonds is 2. The SMILES string of the molecule is COC(=O)c1ccc2cccc(-c3sccc3Cl)c2c1. The van der Waals surface area contributed by atoms with E-state index in [-0.39, 0.29) is 5.97 Å². The molecule has 3 rings (SSSR count). The van der Waals surface area contributed by atoms with Crippen LogP contribution >= 0.6 is 22.9 Å². The topological polar surface area (TPSA) is 26.3 Å². The van der Waals surface area contributed by atoms with Crippen LogP contribution in [0, 0.1) is 0 Å². The third kappa shape index (κ3) is 2.19. The quantitative estimate of drug-likeness (QED) is 0.622. The first-order valence-electron chi connectivity index (χ1n) is 6.05. The van der Waals surface area contributed by atoms with E-state index < -0.39 is 0 Å². The van der Waals surface area contributed by atoms with Crippen LogP contribution in [0.4, 0.5) is 0 Å². The number of halogens is 1. The normalized spacial score (nSPS) is 10.7. The standard InChI is InChI=1S/C16H11ClO2S/c1-19-16(18)11-6-5-10-3-2-4-12(13(10)9-11)15-14(17)7-8-20-15/h2-9H,1H3. The monoisotopic (exact) mass is 302 g/mol. The summed E-state index contributed by atoms with van der Waals surface area (Å²) in [7, 11) is 1.38. The van der Waals surface area contributed by atoms with Gasteiger partial charge in [0.15, 0.2) is 0 Å². The van der Waals surface area contributed by atoms with Crippen molar-refractivity contribution in [3.05, 3.63) is 58.4 Å². The number of thiophene rings is 1. The molecule has 0 aliphatic heterocycles. The number of esters is 1. The van der Waals surface area contributed by atoms with Gasteiger partial charge in [0.25, 0.3) is 0 Å². The Kier molecular flexibility index (Phi) is 3.47. The number of carbonyl (C=O) groups is 1. The number of benzene rings is 2. The van der Waals surface area contributed by atoms with E-state index in [2.05, 4.69) is 0 Å². The smallest absolute Gasteiger partial charge is 0.337 e. The Hall–Kier alpha value is -1.84. The van der Waals surface area contributed by atoms with E-state index in [1.54, 1.807) is 17.4 Å². The van der Waals surface area contributed by atoms with E-state index in [9.17, 15) is 4.79 Å². The molecule has 0 bridgehead atoms. The van der Waals surface area contributed by atoms with Crippen LogP contribution in [0.3, 0.4) is 0 Å². The molecule has 20 heavy (non-hydrogen) atoms. The fourth-order valence-electron chi connectivity index (χ4n) is 2.20. The maximum atomic E-state index is 11.7. The molecule has 4 heteroatoms. The lowest BCUT2D eigenvalue weighted by Crippen LogP contribution is -2.00. The van der Waals surface area contributed by atoms with Crippen LogP contribution in [0.15, 0.2) is 47.8 Å². The molecule has 0 fully saturated rings. The predicted molar refractivity (Wildman–Crippen MR) is 83.6 cm³/mol. The lowest BCUT2D eigenvalue weighted by atomic mass is 10.0. The Morgan fingerprint density at radius 1 is 1.20 bits per heavy atom. The van der Waals surface area contributed by atoms with Crippen LogP contribution in [0.1, 0.15) is 10.4 Å². The molecular weight excluding hydrogens is 292 g/mol. The molecule has 1 aromatic heterocycles. The number of ether oxygens (including phenoxy) is 1. The summed E-state index contributed by atoms with van der Waals surface area (Å²) in [6, 6.07) is 13.5. The highest BCUT2D eigenvalue weighted by molar-refractivity contribution is 7.14. The van der Waals surface area contributed by atoms with Crippen molar-refractivity contribution in [2.24, 2.45) is 0 Å². The first kappa shape index (κ1) is 13.2. The zero-order valence-corrected chi connectivity index (χ0v) is 12.3. The van der Waals surface area contributed by atoms with Gasteiger partial charge in [0.2, 0.25) is 0 Å². The fraction of sp³-hybridized carbons (Fsp3) is 0.0625. The predicted octanol–water partition coefficient (Wildman–Crippen LogP) is 5.01. The Balaban J connectivity index is 2.27. The number of methoxy groups -OCH3 is 1. The van der Waals surface area contributed by atoms with Gasteiger partial charge in [0, 0.05) is 5.56 Å². The van der Waals surface area contributed by atoms with E-state index in [0.717, 1.165) is 26.2 Å². The Bertz CT molecular complexity index is 792. The molecule has 0 atom stereocenters. The van der Waals surface area contributed by atoms with Gasteiger partial charge in [0.05, 0.1) is 22.6 Å². The Morgan fingerprint density at radius 2 is 2.05 bits per heavy atom. The molecule has 0 N–H and O–H groups in total. The molecule has 100 valence electrons. The highest BCUT2D eigenvalue weighted by Gasteiger charge is 2.11. The number of fused-ring (bicyclic) bond motifs is 1. The van der Waals surface area contributed by atoms with Gasteiger partial charge in [0.1, 0.15) is 0 Å². The van der Waals surface area contributed by atoms with E-state index in [1.165, 1.54) is 7.11 Å². The average Bonchev–Trinajstić information content (AvgIpc) is 2.91. The van der Waals surface area contributed by atoms with Crippen molar-refractivity contribution in [1.82, 2.24) is 0 Å². The van der Waals surface area contributed by atoms with Crippen LogP contribution in [-0.4, -0.2) is 13.1 Å². The summed E-state index contributed by atoms with van der Waals surface area (Å²) in [5, 5.41) is 4.76. The molecule has 0 aliphatic carbocycles. The van der Waals surface area contributed by atoms with Gasteiger partial charge in [-0.15, -0.1) is 11.3 Å². The lowest BCUT2D eigenvalue weighted by Gasteiger charge is -2.07. The molecule has 0 unspecified atom stereocenters. The van der Waals surface area contributed by atoms with Gasteiger partial charge >= 0.3 is 5.97 Å². The minimum absolute atomic E-state index is 0.334. The molecule has 0 saturated carbocycles. The molecule has 0 aliphatic rings. The van der Waals surface area contributed by atoms with Crippen molar-refractivity contribution in [1.29, 1.82) is 0 Å². The number of carbonyl (C=O) groups excluding carboxylic acids is 1. The third-order valence-corrected chi connectivity index (χ3v) is 4.54. The van der Waals surface area contributed by atoms with Crippen molar-refractivity contribution in [3.8, 4) is 10.4 Å². The molecule has 3 aromatic rings. The third-order valence-electron chi connectivity index (χ3n) is 3.17. The van der Waals surface area contributed by atoms with E-state index in [4.69, 9.17) is 16.3 Å². The summed E-state index contributed by atoms with van der Waals surface area (Å²) in [4.78, 5) is 12.7. The first-order valence-corrected chi connectivity index (χ1v) is 7.31. The lowest BCUT2D eigenvalue weighted by molar-refractivity contribution is 0.0601. The summed E-state index contributed by atoms with van der Waals surface area (Å²) in [6.07, 6.45) is 0. The van der Waals surface area contributed by atoms with Crippen LogP contribution in [-0.2, 0) is 4.74 Å². The van der Waals surface area contributed by atoms with Gasteiger partial charge in [-0.1, -0.05) is 35.9 Å². The van der Waals surface area contributed by atoms with Gasteiger partial charge in [-0.2, -0.15) is 0 Å². The molecule has 0 spiro atoms. The van der Waals surface area contributed by atoms with Gasteiger partial charge in [-0.25, -0.2) is 4.79 Å². The zero-order chi connectivity index (χ0) is 14.1. The minimum Gasteiger partial charge on any atom is -0.465 e. The van der Waals surface area contributed by atoms with Crippen molar-refractivity contribution in [2.45, 2.75) is 0 Å². The summed E-state index contributed by atoms with van der Waals surface area (Å²) >= 11 is 7.81. The summed E-state index contributed by atoms with van der Waals surface area (Å²) < 4.78 is 4.78.